The summed E-state index contributed by atoms with van der Waals surface area (Å²) in [5.41, 5.74) is 0.647. The molecule has 0 aliphatic heterocycles. The van der Waals surface area contributed by atoms with E-state index < -0.39 is 10.0 Å². The van der Waals surface area contributed by atoms with Crippen LogP contribution in [0, 0.1) is 0 Å². The zero-order chi connectivity index (χ0) is 13.6. The molecule has 0 fully saturated rings. The second kappa shape index (κ2) is 6.83. The summed E-state index contributed by atoms with van der Waals surface area (Å²) in [6.45, 7) is 4.24. The molecule has 1 aromatic rings. The summed E-state index contributed by atoms with van der Waals surface area (Å²) in [6, 6.07) is 0. The van der Waals surface area contributed by atoms with E-state index in [0.717, 1.165) is 6.54 Å². The number of aromatic amines is 1. The van der Waals surface area contributed by atoms with Crippen LogP contribution in [0.1, 0.15) is 12.5 Å². The Morgan fingerprint density at radius 3 is 2.78 bits per heavy atom. The van der Waals surface area contributed by atoms with Gasteiger partial charge in [-0.2, -0.15) is 5.10 Å². The van der Waals surface area contributed by atoms with E-state index in [9.17, 15) is 8.42 Å². The minimum atomic E-state index is -3.51. The predicted molar refractivity (Wildman–Crippen MR) is 69.7 cm³/mol. The standard InChI is InChI=1S/C10H21N5O2S/c1-4-11-7-9-8-12-14-10(9)18(16,17)13-5-6-15(2)3/h8,11,13H,4-7H2,1-3H3,(H,12,14). The Morgan fingerprint density at radius 1 is 1.44 bits per heavy atom. The maximum atomic E-state index is 12.0. The summed E-state index contributed by atoms with van der Waals surface area (Å²) in [6.07, 6.45) is 1.53. The molecule has 0 unspecified atom stereocenters. The lowest BCUT2D eigenvalue weighted by molar-refractivity contribution is 0.412. The smallest absolute Gasteiger partial charge is 0.257 e. The first-order valence-corrected chi connectivity index (χ1v) is 7.33. The number of hydrogen-bond donors (Lipinski definition) is 3. The van der Waals surface area contributed by atoms with Crippen LogP contribution in [0.25, 0.3) is 0 Å². The molecular formula is C10H21N5O2S. The Kier molecular flexibility index (Phi) is 5.73. The third-order valence-electron chi connectivity index (χ3n) is 2.36. The van der Waals surface area contributed by atoms with Gasteiger partial charge in [0.15, 0.2) is 5.03 Å². The summed E-state index contributed by atoms with van der Waals surface area (Å²) in [7, 11) is 0.272. The molecule has 0 radical (unpaired) electrons. The summed E-state index contributed by atoms with van der Waals surface area (Å²) < 4.78 is 26.6. The van der Waals surface area contributed by atoms with Gasteiger partial charge >= 0.3 is 0 Å². The number of nitrogens with one attached hydrogen (secondary N) is 3. The Balaban J connectivity index is 2.69. The molecule has 3 N–H and O–H groups in total. The molecule has 0 spiro atoms. The van der Waals surface area contributed by atoms with Crippen LogP contribution in [0.5, 0.6) is 0 Å². The van der Waals surface area contributed by atoms with Crippen LogP contribution in [0.3, 0.4) is 0 Å². The molecule has 0 bridgehead atoms. The molecule has 0 saturated heterocycles. The van der Waals surface area contributed by atoms with Gasteiger partial charge in [0.25, 0.3) is 10.0 Å². The van der Waals surface area contributed by atoms with Gasteiger partial charge in [0.05, 0.1) is 6.20 Å². The molecule has 8 heteroatoms. The van der Waals surface area contributed by atoms with Crippen molar-refractivity contribution in [3.05, 3.63) is 11.8 Å². The number of H-pyrrole nitrogens is 1. The monoisotopic (exact) mass is 275 g/mol. The third kappa shape index (κ3) is 4.37. The number of likely N-dealkylation sites (N-methyl/N-ethyl adjacent to an activating group) is 1. The Hall–Kier alpha value is -0.960. The predicted octanol–water partition coefficient (Wildman–Crippen LogP) is -0.641. The molecule has 18 heavy (non-hydrogen) atoms. The lowest BCUT2D eigenvalue weighted by atomic mass is 10.3. The summed E-state index contributed by atoms with van der Waals surface area (Å²) in [4.78, 5) is 1.91. The minimum absolute atomic E-state index is 0.141. The van der Waals surface area contributed by atoms with E-state index in [1.54, 1.807) is 0 Å². The highest BCUT2D eigenvalue weighted by Gasteiger charge is 2.19. The van der Waals surface area contributed by atoms with Gasteiger partial charge in [-0.15, -0.1) is 0 Å². The van der Waals surface area contributed by atoms with E-state index in [4.69, 9.17) is 0 Å². The van der Waals surface area contributed by atoms with Crippen LogP contribution >= 0.6 is 0 Å². The fraction of sp³-hybridized carbons (Fsp3) is 0.700. The van der Waals surface area contributed by atoms with Gasteiger partial charge in [-0.25, -0.2) is 13.1 Å². The molecule has 1 rings (SSSR count). The molecule has 0 saturated carbocycles. The average Bonchev–Trinajstić information content (AvgIpc) is 2.74. The van der Waals surface area contributed by atoms with Crippen LogP contribution < -0.4 is 10.0 Å². The van der Waals surface area contributed by atoms with Gasteiger partial charge < -0.3 is 10.2 Å². The first kappa shape index (κ1) is 15.1. The van der Waals surface area contributed by atoms with Crippen molar-refractivity contribution in [2.75, 3.05) is 33.7 Å². The van der Waals surface area contributed by atoms with E-state index in [1.807, 2.05) is 25.9 Å². The van der Waals surface area contributed by atoms with E-state index in [0.29, 0.717) is 25.2 Å². The van der Waals surface area contributed by atoms with Crippen LogP contribution in [-0.2, 0) is 16.6 Å². The highest BCUT2D eigenvalue weighted by molar-refractivity contribution is 7.89. The zero-order valence-electron chi connectivity index (χ0n) is 11.0. The van der Waals surface area contributed by atoms with Gasteiger partial charge in [-0.1, -0.05) is 6.92 Å². The van der Waals surface area contributed by atoms with Gasteiger partial charge in [0, 0.05) is 25.2 Å². The second-order valence-electron chi connectivity index (χ2n) is 4.21. The molecule has 0 atom stereocenters. The Bertz CT molecular complexity index is 455. The van der Waals surface area contributed by atoms with E-state index in [-0.39, 0.29) is 5.03 Å². The maximum absolute atomic E-state index is 12.0. The van der Waals surface area contributed by atoms with Crippen molar-refractivity contribution in [2.45, 2.75) is 18.5 Å². The fourth-order valence-electron chi connectivity index (χ4n) is 1.39. The zero-order valence-corrected chi connectivity index (χ0v) is 11.8. The van der Waals surface area contributed by atoms with Gasteiger partial charge in [0.2, 0.25) is 0 Å². The van der Waals surface area contributed by atoms with Crippen LogP contribution in [-0.4, -0.2) is 57.2 Å². The molecule has 1 aromatic heterocycles. The minimum Gasteiger partial charge on any atom is -0.313 e. The van der Waals surface area contributed by atoms with Crippen molar-refractivity contribution >= 4 is 10.0 Å². The molecule has 7 nitrogen and oxygen atoms in total. The van der Waals surface area contributed by atoms with E-state index in [2.05, 4.69) is 20.2 Å². The molecular weight excluding hydrogens is 254 g/mol. The largest absolute Gasteiger partial charge is 0.313 e. The summed E-state index contributed by atoms with van der Waals surface area (Å²) in [5.74, 6) is 0. The number of aromatic nitrogens is 2. The molecule has 1 heterocycles. The fourth-order valence-corrected chi connectivity index (χ4v) is 2.54. The molecule has 0 aliphatic rings. The van der Waals surface area contributed by atoms with Gasteiger partial charge in [-0.3, -0.25) is 5.10 Å². The van der Waals surface area contributed by atoms with Crippen molar-refractivity contribution < 1.29 is 8.42 Å². The van der Waals surface area contributed by atoms with Crippen LogP contribution in [0.2, 0.25) is 0 Å². The number of hydrogen-bond acceptors (Lipinski definition) is 5. The van der Waals surface area contributed by atoms with Crippen molar-refractivity contribution in [3.63, 3.8) is 0 Å². The molecule has 104 valence electrons. The van der Waals surface area contributed by atoms with Crippen LogP contribution in [0.4, 0.5) is 0 Å². The summed E-state index contributed by atoms with van der Waals surface area (Å²) >= 11 is 0. The number of sulfonamides is 1. The Morgan fingerprint density at radius 2 is 2.17 bits per heavy atom. The van der Waals surface area contributed by atoms with Crippen molar-refractivity contribution in [1.29, 1.82) is 0 Å². The van der Waals surface area contributed by atoms with Gasteiger partial charge in [-0.05, 0) is 20.6 Å². The molecule has 0 aromatic carbocycles. The Labute approximate surface area is 108 Å². The van der Waals surface area contributed by atoms with Crippen molar-refractivity contribution in [3.8, 4) is 0 Å². The second-order valence-corrected chi connectivity index (χ2v) is 5.91. The maximum Gasteiger partial charge on any atom is 0.257 e. The first-order chi connectivity index (χ1) is 8.47. The van der Waals surface area contributed by atoms with E-state index >= 15 is 0 Å². The highest BCUT2D eigenvalue weighted by atomic mass is 32.2. The average molecular weight is 275 g/mol. The van der Waals surface area contributed by atoms with Crippen molar-refractivity contribution in [1.82, 2.24) is 25.1 Å². The lowest BCUT2D eigenvalue weighted by Gasteiger charge is -2.11. The number of rotatable bonds is 8. The topological polar surface area (TPSA) is 90.1 Å². The number of nitrogens with zero attached hydrogens (tertiary/aromatic N) is 2. The van der Waals surface area contributed by atoms with Crippen LogP contribution in [0.15, 0.2) is 11.2 Å². The molecule has 0 aliphatic carbocycles. The molecule has 0 amide bonds. The third-order valence-corrected chi connectivity index (χ3v) is 3.84. The summed E-state index contributed by atoms with van der Waals surface area (Å²) in [5, 5.41) is 9.55. The van der Waals surface area contributed by atoms with E-state index in [1.165, 1.54) is 6.20 Å². The van der Waals surface area contributed by atoms with Gasteiger partial charge in [0.1, 0.15) is 0 Å². The highest BCUT2D eigenvalue weighted by Crippen LogP contribution is 2.10. The quantitative estimate of drug-likeness (QED) is 0.587. The normalized spacial score (nSPS) is 12.2. The van der Waals surface area contributed by atoms with Crippen molar-refractivity contribution in [2.24, 2.45) is 0 Å². The lowest BCUT2D eigenvalue weighted by Crippen LogP contribution is -2.32. The SMILES string of the molecule is CCNCc1cn[nH]c1S(=O)(=O)NCCN(C)C. The first-order valence-electron chi connectivity index (χ1n) is 5.84.